The summed E-state index contributed by atoms with van der Waals surface area (Å²) in [5, 5.41) is 13.8. The van der Waals surface area contributed by atoms with Gasteiger partial charge in [-0.05, 0) is 58.7 Å². The fraction of sp³-hybridized carbons (Fsp3) is 0.200. The molecule has 2 nitrogen and oxygen atoms in total. The van der Waals surface area contributed by atoms with E-state index in [0.717, 1.165) is 20.2 Å². The molecule has 0 aliphatic heterocycles. The minimum atomic E-state index is -0.562. The van der Waals surface area contributed by atoms with Crippen molar-refractivity contribution < 1.29 is 5.11 Å². The molecular formula is C15H14Br2ClNO. The zero-order valence-corrected chi connectivity index (χ0v) is 14.8. The van der Waals surface area contributed by atoms with Crippen LogP contribution in [0.4, 0.5) is 5.69 Å². The first-order chi connectivity index (χ1) is 9.44. The largest absolute Gasteiger partial charge is 0.394 e. The molecule has 106 valence electrons. The van der Waals surface area contributed by atoms with Crippen molar-refractivity contribution in [2.75, 3.05) is 11.9 Å². The summed E-state index contributed by atoms with van der Waals surface area (Å²) in [7, 11) is 0. The molecule has 0 bridgehead atoms. The second-order valence-electron chi connectivity index (χ2n) is 4.75. The molecule has 0 aliphatic rings. The van der Waals surface area contributed by atoms with Crippen LogP contribution in [-0.2, 0) is 5.54 Å². The number of benzene rings is 2. The summed E-state index contributed by atoms with van der Waals surface area (Å²) in [6.07, 6.45) is 0. The number of hydrogen-bond donors (Lipinski definition) is 2. The fourth-order valence-corrected chi connectivity index (χ4v) is 2.67. The fourth-order valence-electron chi connectivity index (χ4n) is 1.91. The molecule has 0 aliphatic carbocycles. The van der Waals surface area contributed by atoms with E-state index in [-0.39, 0.29) is 6.61 Å². The van der Waals surface area contributed by atoms with Gasteiger partial charge >= 0.3 is 0 Å². The predicted molar refractivity (Wildman–Crippen MR) is 91.4 cm³/mol. The molecule has 0 fully saturated rings. The Labute approximate surface area is 140 Å². The van der Waals surface area contributed by atoms with E-state index in [1.54, 1.807) is 0 Å². The van der Waals surface area contributed by atoms with Gasteiger partial charge in [-0.15, -0.1) is 0 Å². The summed E-state index contributed by atoms with van der Waals surface area (Å²) in [5.74, 6) is 0. The van der Waals surface area contributed by atoms with E-state index in [0.29, 0.717) is 5.02 Å². The standard InChI is InChI=1S/C15H14Br2ClNO/c1-15(9-20,10-2-4-11(16)5-3-10)19-12-6-7-14(18)13(17)8-12/h2-8,19-20H,9H2,1H3. The van der Waals surface area contributed by atoms with Crippen LogP contribution in [0.5, 0.6) is 0 Å². The van der Waals surface area contributed by atoms with Gasteiger partial charge in [-0.1, -0.05) is 39.7 Å². The molecule has 0 aromatic heterocycles. The molecule has 1 unspecified atom stereocenters. The van der Waals surface area contributed by atoms with Crippen molar-refractivity contribution in [2.45, 2.75) is 12.5 Å². The van der Waals surface area contributed by atoms with Gasteiger partial charge in [0.1, 0.15) is 0 Å². The first-order valence-corrected chi connectivity index (χ1v) is 8.01. The van der Waals surface area contributed by atoms with Crippen molar-refractivity contribution in [3.8, 4) is 0 Å². The second kappa shape index (κ2) is 6.48. The highest BCUT2D eigenvalue weighted by Crippen LogP contribution is 2.30. The lowest BCUT2D eigenvalue weighted by atomic mass is 9.92. The van der Waals surface area contributed by atoms with Gasteiger partial charge in [0, 0.05) is 14.6 Å². The number of anilines is 1. The summed E-state index contributed by atoms with van der Waals surface area (Å²) < 4.78 is 1.83. The quantitative estimate of drug-likeness (QED) is 0.715. The summed E-state index contributed by atoms with van der Waals surface area (Å²) in [6.45, 7) is 1.94. The Balaban J connectivity index is 2.31. The minimum absolute atomic E-state index is 0.0190. The molecule has 5 heteroatoms. The van der Waals surface area contributed by atoms with Gasteiger partial charge in [-0.2, -0.15) is 0 Å². The highest BCUT2D eigenvalue weighted by atomic mass is 79.9. The zero-order valence-electron chi connectivity index (χ0n) is 10.8. The Morgan fingerprint density at radius 3 is 2.35 bits per heavy atom. The summed E-state index contributed by atoms with van der Waals surface area (Å²) in [6, 6.07) is 13.5. The molecule has 2 rings (SSSR count). The van der Waals surface area contributed by atoms with E-state index in [9.17, 15) is 5.11 Å². The van der Waals surface area contributed by atoms with E-state index in [1.165, 1.54) is 0 Å². The third-order valence-corrected chi connectivity index (χ3v) is 4.88. The SMILES string of the molecule is CC(CO)(Nc1ccc(Cl)c(Br)c1)c1ccc(Br)cc1. The van der Waals surface area contributed by atoms with Gasteiger partial charge < -0.3 is 10.4 Å². The van der Waals surface area contributed by atoms with Crippen molar-refractivity contribution in [1.29, 1.82) is 0 Å². The third-order valence-electron chi connectivity index (χ3n) is 3.14. The molecule has 0 saturated carbocycles. The Bertz CT molecular complexity index is 603. The monoisotopic (exact) mass is 417 g/mol. The number of rotatable bonds is 4. The van der Waals surface area contributed by atoms with Crippen LogP contribution in [0, 0.1) is 0 Å². The van der Waals surface area contributed by atoms with Crippen LogP contribution >= 0.6 is 43.5 Å². The van der Waals surface area contributed by atoms with E-state index in [2.05, 4.69) is 37.2 Å². The third kappa shape index (κ3) is 3.55. The van der Waals surface area contributed by atoms with Crippen LogP contribution in [-0.4, -0.2) is 11.7 Å². The molecule has 2 N–H and O–H groups in total. The maximum absolute atomic E-state index is 9.78. The van der Waals surface area contributed by atoms with Gasteiger partial charge in [-0.3, -0.25) is 0 Å². The van der Waals surface area contributed by atoms with Gasteiger partial charge in [0.25, 0.3) is 0 Å². The highest BCUT2D eigenvalue weighted by Gasteiger charge is 2.25. The van der Waals surface area contributed by atoms with Crippen LogP contribution in [0.3, 0.4) is 0 Å². The van der Waals surface area contributed by atoms with Crippen LogP contribution in [0.1, 0.15) is 12.5 Å². The van der Waals surface area contributed by atoms with E-state index >= 15 is 0 Å². The summed E-state index contributed by atoms with van der Waals surface area (Å²) in [4.78, 5) is 0. The lowest BCUT2D eigenvalue weighted by Crippen LogP contribution is -2.35. The van der Waals surface area contributed by atoms with Crippen molar-refractivity contribution in [2.24, 2.45) is 0 Å². The number of aliphatic hydroxyl groups excluding tert-OH is 1. The van der Waals surface area contributed by atoms with Crippen LogP contribution in [0.2, 0.25) is 5.02 Å². The second-order valence-corrected chi connectivity index (χ2v) is 6.93. The van der Waals surface area contributed by atoms with Crippen molar-refractivity contribution in [3.05, 3.63) is 62.0 Å². The molecule has 0 amide bonds. The zero-order chi connectivity index (χ0) is 14.8. The number of aliphatic hydroxyl groups is 1. The number of nitrogens with one attached hydrogen (secondary N) is 1. The smallest absolute Gasteiger partial charge is 0.0828 e. The molecule has 0 radical (unpaired) electrons. The predicted octanol–water partition coefficient (Wildman–Crippen LogP) is 5.18. The van der Waals surface area contributed by atoms with Crippen LogP contribution < -0.4 is 5.32 Å². The molecule has 0 heterocycles. The Morgan fingerprint density at radius 2 is 1.80 bits per heavy atom. The van der Waals surface area contributed by atoms with Crippen LogP contribution in [0.25, 0.3) is 0 Å². The lowest BCUT2D eigenvalue weighted by molar-refractivity contribution is 0.224. The molecule has 0 saturated heterocycles. The topological polar surface area (TPSA) is 32.3 Å². The van der Waals surface area contributed by atoms with E-state index in [4.69, 9.17) is 11.6 Å². The molecule has 2 aromatic carbocycles. The lowest BCUT2D eigenvalue weighted by Gasteiger charge is -2.30. The van der Waals surface area contributed by atoms with Crippen molar-refractivity contribution in [1.82, 2.24) is 0 Å². The summed E-state index contributed by atoms with van der Waals surface area (Å²) >= 11 is 12.8. The van der Waals surface area contributed by atoms with Gasteiger partial charge in [0.15, 0.2) is 0 Å². The minimum Gasteiger partial charge on any atom is -0.394 e. The average Bonchev–Trinajstić information content (AvgIpc) is 2.43. The van der Waals surface area contributed by atoms with Gasteiger partial charge in [0.05, 0.1) is 17.2 Å². The van der Waals surface area contributed by atoms with Crippen LogP contribution in [0.15, 0.2) is 51.4 Å². The molecule has 0 spiro atoms. The molecule has 1 atom stereocenters. The first kappa shape index (κ1) is 15.8. The number of hydrogen-bond acceptors (Lipinski definition) is 2. The number of halogens is 3. The molecule has 20 heavy (non-hydrogen) atoms. The molecular weight excluding hydrogens is 405 g/mol. The van der Waals surface area contributed by atoms with E-state index < -0.39 is 5.54 Å². The summed E-state index contributed by atoms with van der Waals surface area (Å²) in [5.41, 5.74) is 1.34. The maximum atomic E-state index is 9.78. The van der Waals surface area contributed by atoms with E-state index in [1.807, 2.05) is 49.4 Å². The highest BCUT2D eigenvalue weighted by molar-refractivity contribution is 9.10. The Morgan fingerprint density at radius 1 is 1.15 bits per heavy atom. The maximum Gasteiger partial charge on any atom is 0.0828 e. The Kier molecular flexibility index (Phi) is 5.13. The van der Waals surface area contributed by atoms with Gasteiger partial charge in [0.2, 0.25) is 0 Å². The first-order valence-electron chi connectivity index (χ1n) is 6.05. The normalized spacial score (nSPS) is 13.8. The van der Waals surface area contributed by atoms with Crippen molar-refractivity contribution in [3.63, 3.8) is 0 Å². The van der Waals surface area contributed by atoms with Crippen molar-refractivity contribution >= 4 is 49.1 Å². The molecule has 2 aromatic rings. The van der Waals surface area contributed by atoms with Gasteiger partial charge in [-0.25, -0.2) is 0 Å². The average molecular weight is 420 g/mol. The Hall–Kier alpha value is -0.550.